The molecule has 0 aliphatic carbocycles. The highest BCUT2D eigenvalue weighted by Crippen LogP contribution is 2.35. The third kappa shape index (κ3) is 4.38. The lowest BCUT2D eigenvalue weighted by Crippen LogP contribution is -2.23. The Bertz CT molecular complexity index is 543. The van der Waals surface area contributed by atoms with Crippen LogP contribution in [0.15, 0.2) is 6.07 Å². The van der Waals surface area contributed by atoms with E-state index >= 15 is 0 Å². The minimum absolute atomic E-state index is 0.496. The molecule has 0 amide bonds. The fourth-order valence-corrected chi connectivity index (χ4v) is 1.53. The molecule has 0 spiro atoms. The first-order valence-electron chi connectivity index (χ1n) is 5.00. The average Bonchev–Trinajstić information content (AvgIpc) is 2.34. The molecule has 1 aromatic heterocycles. The third-order valence-corrected chi connectivity index (χ3v) is 2.38. The summed E-state index contributed by atoms with van der Waals surface area (Å²) in [4.78, 5) is 14.0. The van der Waals surface area contributed by atoms with Crippen molar-refractivity contribution in [3.63, 3.8) is 0 Å². The van der Waals surface area contributed by atoms with Crippen LogP contribution in [0.2, 0.25) is 0 Å². The number of alkyl halides is 7. The lowest BCUT2D eigenvalue weighted by molar-refractivity contribution is -0.276. The van der Waals surface area contributed by atoms with E-state index in [0.29, 0.717) is 6.07 Å². The summed E-state index contributed by atoms with van der Waals surface area (Å²) in [5.41, 5.74) is -3.28. The highest BCUT2D eigenvalue weighted by molar-refractivity contribution is 6.17. The maximum atomic E-state index is 12.7. The molecule has 1 heterocycles. The number of pyridine rings is 1. The van der Waals surface area contributed by atoms with Gasteiger partial charge in [-0.25, -0.2) is 9.78 Å². The summed E-state index contributed by atoms with van der Waals surface area (Å²) in [6, 6.07) is 0.496. The van der Waals surface area contributed by atoms with E-state index in [2.05, 4.69) is 14.5 Å². The number of rotatable bonds is 3. The van der Waals surface area contributed by atoms with Gasteiger partial charge in [-0.15, -0.1) is 24.8 Å². The molecule has 0 unspecified atom stereocenters. The van der Waals surface area contributed by atoms with Gasteiger partial charge in [0.05, 0.1) is 7.11 Å². The summed E-state index contributed by atoms with van der Waals surface area (Å²) in [5, 5.41) is 0. The second kappa shape index (κ2) is 5.96. The molecule has 0 aliphatic heterocycles. The lowest BCUT2D eigenvalue weighted by atomic mass is 10.1. The molecule has 0 saturated heterocycles. The third-order valence-electron chi connectivity index (χ3n) is 2.10. The van der Waals surface area contributed by atoms with E-state index in [9.17, 15) is 31.1 Å². The average molecular weight is 338 g/mol. The first-order valence-corrected chi connectivity index (χ1v) is 5.54. The van der Waals surface area contributed by atoms with Gasteiger partial charge in [-0.3, -0.25) is 0 Å². The minimum Gasteiger partial charge on any atom is -0.465 e. The van der Waals surface area contributed by atoms with Gasteiger partial charge in [0.2, 0.25) is 5.88 Å². The number of nitrogens with zero attached hydrogens (tertiary/aromatic N) is 1. The Balaban J connectivity index is 3.53. The standard InChI is InChI=1S/C10H6ClF6NO3/c1-20-8(19)5-2-4(3-11)6(9(12,13)14)18-7(5)21-10(15,16)17/h2H,3H2,1H3. The summed E-state index contributed by atoms with van der Waals surface area (Å²) in [5.74, 6) is -3.63. The monoisotopic (exact) mass is 337 g/mol. The van der Waals surface area contributed by atoms with Crippen LogP contribution in [0, 0.1) is 0 Å². The number of hydrogen-bond acceptors (Lipinski definition) is 4. The molecule has 0 radical (unpaired) electrons. The van der Waals surface area contributed by atoms with E-state index in [1.807, 2.05) is 0 Å². The quantitative estimate of drug-likeness (QED) is 0.481. The lowest BCUT2D eigenvalue weighted by Gasteiger charge is -2.16. The van der Waals surface area contributed by atoms with Gasteiger partial charge in [-0.2, -0.15) is 13.2 Å². The predicted molar refractivity (Wildman–Crippen MR) is 56.8 cm³/mol. The second-order valence-corrected chi connectivity index (χ2v) is 3.79. The number of hydrogen-bond donors (Lipinski definition) is 0. The summed E-state index contributed by atoms with van der Waals surface area (Å²) in [6.07, 6.45) is -10.4. The van der Waals surface area contributed by atoms with Gasteiger partial charge in [0.25, 0.3) is 0 Å². The molecule has 0 bridgehead atoms. The van der Waals surface area contributed by atoms with Gasteiger partial charge in [0.1, 0.15) is 5.56 Å². The van der Waals surface area contributed by atoms with Crippen molar-refractivity contribution in [3.8, 4) is 5.88 Å². The number of carbonyl (C=O) groups is 1. The molecule has 0 saturated carbocycles. The Morgan fingerprint density at radius 2 is 1.86 bits per heavy atom. The van der Waals surface area contributed by atoms with Crippen molar-refractivity contribution < 1.29 is 40.6 Å². The molecule has 11 heteroatoms. The van der Waals surface area contributed by atoms with Gasteiger partial charge in [-0.1, -0.05) is 0 Å². The number of ether oxygens (including phenoxy) is 2. The van der Waals surface area contributed by atoms with Crippen molar-refractivity contribution in [1.82, 2.24) is 4.98 Å². The van der Waals surface area contributed by atoms with Crippen LogP contribution in [-0.4, -0.2) is 24.4 Å². The normalized spacial score (nSPS) is 12.2. The van der Waals surface area contributed by atoms with Crippen molar-refractivity contribution in [2.75, 3.05) is 7.11 Å². The molecule has 1 aromatic rings. The van der Waals surface area contributed by atoms with Crippen molar-refractivity contribution in [2.24, 2.45) is 0 Å². The molecule has 118 valence electrons. The molecular formula is C10H6ClF6NO3. The maximum absolute atomic E-state index is 12.7. The van der Waals surface area contributed by atoms with E-state index in [1.54, 1.807) is 0 Å². The Hall–Kier alpha value is -1.71. The molecule has 0 fully saturated rings. The molecule has 0 N–H and O–H groups in total. The Morgan fingerprint density at radius 3 is 2.24 bits per heavy atom. The fraction of sp³-hybridized carbons (Fsp3) is 0.400. The highest BCUT2D eigenvalue weighted by atomic mass is 35.5. The summed E-state index contributed by atoms with van der Waals surface area (Å²) in [7, 11) is 0.831. The molecule has 4 nitrogen and oxygen atoms in total. The zero-order valence-corrected chi connectivity index (χ0v) is 10.9. The Kier molecular flexibility index (Phi) is 4.92. The molecule has 21 heavy (non-hydrogen) atoms. The zero-order chi connectivity index (χ0) is 16.4. The number of carbonyl (C=O) groups excluding carboxylic acids is 1. The molecular weight excluding hydrogens is 332 g/mol. The van der Waals surface area contributed by atoms with Crippen LogP contribution in [0.5, 0.6) is 5.88 Å². The van der Waals surface area contributed by atoms with Gasteiger partial charge < -0.3 is 9.47 Å². The van der Waals surface area contributed by atoms with Crippen molar-refractivity contribution in [1.29, 1.82) is 0 Å². The van der Waals surface area contributed by atoms with Crippen LogP contribution >= 0.6 is 11.6 Å². The predicted octanol–water partition coefficient (Wildman–Crippen LogP) is 3.52. The second-order valence-electron chi connectivity index (χ2n) is 3.52. The summed E-state index contributed by atoms with van der Waals surface area (Å²) < 4.78 is 82.1. The van der Waals surface area contributed by atoms with E-state index < -0.39 is 47.1 Å². The van der Waals surface area contributed by atoms with Crippen molar-refractivity contribution >= 4 is 17.6 Å². The number of esters is 1. The van der Waals surface area contributed by atoms with Crippen LogP contribution < -0.4 is 4.74 Å². The maximum Gasteiger partial charge on any atom is 0.574 e. The number of aromatic nitrogens is 1. The SMILES string of the molecule is COC(=O)c1cc(CCl)c(C(F)(F)F)nc1OC(F)(F)F. The Morgan fingerprint density at radius 1 is 1.29 bits per heavy atom. The minimum atomic E-state index is -5.33. The topological polar surface area (TPSA) is 48.4 Å². The van der Waals surface area contributed by atoms with E-state index in [0.717, 1.165) is 7.11 Å². The summed E-state index contributed by atoms with van der Waals surface area (Å²) >= 11 is 5.29. The molecule has 0 aliphatic rings. The molecule has 0 aromatic carbocycles. The van der Waals surface area contributed by atoms with Crippen LogP contribution in [0.3, 0.4) is 0 Å². The van der Waals surface area contributed by atoms with Gasteiger partial charge in [0, 0.05) is 5.88 Å². The first kappa shape index (κ1) is 17.3. The van der Waals surface area contributed by atoms with Gasteiger partial charge in [-0.05, 0) is 11.6 Å². The highest BCUT2D eigenvalue weighted by Gasteiger charge is 2.40. The number of methoxy groups -OCH3 is 1. The summed E-state index contributed by atoms with van der Waals surface area (Å²) in [6.45, 7) is 0. The number of halogens is 7. The van der Waals surface area contributed by atoms with Crippen molar-refractivity contribution in [3.05, 3.63) is 22.9 Å². The van der Waals surface area contributed by atoms with Crippen LogP contribution in [0.4, 0.5) is 26.3 Å². The molecule has 1 rings (SSSR count). The smallest absolute Gasteiger partial charge is 0.465 e. The van der Waals surface area contributed by atoms with Gasteiger partial charge in [0.15, 0.2) is 5.69 Å². The van der Waals surface area contributed by atoms with Crippen LogP contribution in [0.25, 0.3) is 0 Å². The van der Waals surface area contributed by atoms with E-state index in [1.165, 1.54) is 0 Å². The zero-order valence-electron chi connectivity index (χ0n) is 10.1. The van der Waals surface area contributed by atoms with E-state index in [-0.39, 0.29) is 0 Å². The fourth-order valence-electron chi connectivity index (χ4n) is 1.33. The van der Waals surface area contributed by atoms with Crippen LogP contribution in [-0.2, 0) is 16.8 Å². The van der Waals surface area contributed by atoms with Crippen molar-refractivity contribution in [2.45, 2.75) is 18.4 Å². The first-order chi connectivity index (χ1) is 9.49. The molecule has 0 atom stereocenters. The van der Waals surface area contributed by atoms with Crippen LogP contribution in [0.1, 0.15) is 21.6 Å². The van der Waals surface area contributed by atoms with E-state index in [4.69, 9.17) is 11.6 Å². The van der Waals surface area contributed by atoms with Gasteiger partial charge >= 0.3 is 18.5 Å². The largest absolute Gasteiger partial charge is 0.574 e. The Labute approximate surface area is 118 Å².